The zero-order valence-corrected chi connectivity index (χ0v) is 13.4. The Bertz CT molecular complexity index is 629. The minimum absolute atomic E-state index is 0.0833. The number of fused-ring (bicyclic) bond motifs is 1. The third-order valence-electron chi connectivity index (χ3n) is 4.69. The van der Waals surface area contributed by atoms with E-state index in [1.807, 2.05) is 18.2 Å². The summed E-state index contributed by atoms with van der Waals surface area (Å²) in [7, 11) is 0. The van der Waals surface area contributed by atoms with E-state index in [1.165, 1.54) is 0 Å². The minimum atomic E-state index is -0.410. The molecule has 2 fully saturated rings. The summed E-state index contributed by atoms with van der Waals surface area (Å²) < 4.78 is 23.3. The molecule has 2 saturated heterocycles. The highest BCUT2D eigenvalue weighted by Crippen LogP contribution is 2.33. The van der Waals surface area contributed by atoms with E-state index < -0.39 is 5.79 Å². The Kier molecular flexibility index (Phi) is 4.11. The molecule has 1 N–H and O–H groups in total. The Hall–Kier alpha value is -1.40. The van der Waals surface area contributed by atoms with Crippen LogP contribution in [0.5, 0.6) is 0 Å². The number of furan rings is 1. The zero-order valence-electron chi connectivity index (χ0n) is 13.4. The van der Waals surface area contributed by atoms with Crippen LogP contribution in [0.3, 0.4) is 0 Å². The molecule has 3 heterocycles. The first-order chi connectivity index (χ1) is 11.2. The normalized spacial score (nSPS) is 25.2. The van der Waals surface area contributed by atoms with E-state index >= 15 is 0 Å². The minimum Gasteiger partial charge on any atom is -0.459 e. The van der Waals surface area contributed by atoms with Gasteiger partial charge in [0.25, 0.3) is 0 Å². The lowest BCUT2D eigenvalue weighted by molar-refractivity contribution is -0.210. The van der Waals surface area contributed by atoms with Crippen molar-refractivity contribution in [3.8, 4) is 0 Å². The first kappa shape index (κ1) is 15.1. The number of nitrogens with one attached hydrogen (secondary N) is 1. The van der Waals surface area contributed by atoms with Gasteiger partial charge in [-0.2, -0.15) is 0 Å². The van der Waals surface area contributed by atoms with E-state index in [-0.39, 0.29) is 12.1 Å². The van der Waals surface area contributed by atoms with E-state index in [2.05, 4.69) is 24.4 Å². The fourth-order valence-corrected chi connectivity index (χ4v) is 3.29. The molecule has 2 aliphatic rings. The molecule has 1 spiro atoms. The van der Waals surface area contributed by atoms with Gasteiger partial charge in [0.1, 0.15) is 11.3 Å². The van der Waals surface area contributed by atoms with E-state index in [0.717, 1.165) is 49.3 Å². The molecule has 1 aromatic heterocycles. The van der Waals surface area contributed by atoms with Gasteiger partial charge in [0.15, 0.2) is 5.79 Å². The number of hydrogen-bond donors (Lipinski definition) is 1. The van der Waals surface area contributed by atoms with Crippen LogP contribution >= 0.6 is 0 Å². The second kappa shape index (κ2) is 6.24. The van der Waals surface area contributed by atoms with Crippen LogP contribution in [0.25, 0.3) is 11.0 Å². The molecule has 2 aliphatic heterocycles. The summed E-state index contributed by atoms with van der Waals surface area (Å²) >= 11 is 0. The average Bonchev–Trinajstić information content (AvgIpc) is 3.18. The van der Waals surface area contributed by atoms with Gasteiger partial charge >= 0.3 is 0 Å². The second-order valence-electron chi connectivity index (χ2n) is 6.39. The van der Waals surface area contributed by atoms with Crippen LogP contribution in [-0.2, 0) is 14.2 Å². The first-order valence-corrected chi connectivity index (χ1v) is 8.35. The largest absolute Gasteiger partial charge is 0.459 e. The monoisotopic (exact) mass is 317 g/mol. The van der Waals surface area contributed by atoms with Crippen molar-refractivity contribution in [2.75, 3.05) is 26.4 Å². The molecule has 0 amide bonds. The lowest BCUT2D eigenvalue weighted by Gasteiger charge is -2.31. The summed E-state index contributed by atoms with van der Waals surface area (Å²) in [6.07, 6.45) is 1.73. The Morgan fingerprint density at radius 1 is 1.26 bits per heavy atom. The number of rotatable bonds is 4. The molecule has 2 atom stereocenters. The van der Waals surface area contributed by atoms with Crippen molar-refractivity contribution in [2.24, 2.45) is 0 Å². The highest BCUT2D eigenvalue weighted by atomic mass is 16.7. The highest BCUT2D eigenvalue weighted by molar-refractivity contribution is 5.77. The van der Waals surface area contributed by atoms with Gasteiger partial charge in [-0.25, -0.2) is 0 Å². The van der Waals surface area contributed by atoms with Crippen molar-refractivity contribution < 1.29 is 18.6 Å². The topological polar surface area (TPSA) is 52.9 Å². The summed E-state index contributed by atoms with van der Waals surface area (Å²) in [6, 6.07) is 10.3. The predicted octanol–water partition coefficient (Wildman–Crippen LogP) is 3.01. The SMILES string of the molecule is C[C@H](NC[C@@H]1COC2(CCOCC2)O1)c1cc2ccccc2o1. The second-order valence-corrected chi connectivity index (χ2v) is 6.39. The van der Waals surface area contributed by atoms with Crippen LogP contribution in [-0.4, -0.2) is 38.3 Å². The van der Waals surface area contributed by atoms with Crippen LogP contribution in [0, 0.1) is 0 Å². The summed E-state index contributed by atoms with van der Waals surface area (Å²) in [4.78, 5) is 0. The Morgan fingerprint density at radius 3 is 2.91 bits per heavy atom. The number of hydrogen-bond acceptors (Lipinski definition) is 5. The predicted molar refractivity (Wildman–Crippen MR) is 86.2 cm³/mol. The molecule has 0 unspecified atom stereocenters. The molecule has 5 heteroatoms. The maximum Gasteiger partial charge on any atom is 0.173 e. The lowest BCUT2D eigenvalue weighted by atomic mass is 10.1. The molecule has 1 aromatic carbocycles. The molecule has 5 nitrogen and oxygen atoms in total. The van der Waals surface area contributed by atoms with Crippen molar-refractivity contribution in [1.82, 2.24) is 5.32 Å². The fourth-order valence-electron chi connectivity index (χ4n) is 3.29. The molecular weight excluding hydrogens is 294 g/mol. The molecule has 0 bridgehead atoms. The number of para-hydroxylation sites is 1. The van der Waals surface area contributed by atoms with Crippen molar-refractivity contribution in [2.45, 2.75) is 37.7 Å². The number of benzene rings is 1. The Balaban J connectivity index is 1.34. The van der Waals surface area contributed by atoms with Crippen molar-refractivity contribution in [1.29, 1.82) is 0 Å². The van der Waals surface area contributed by atoms with Crippen LogP contribution < -0.4 is 5.32 Å². The quantitative estimate of drug-likeness (QED) is 0.939. The van der Waals surface area contributed by atoms with Gasteiger partial charge in [-0.3, -0.25) is 0 Å². The van der Waals surface area contributed by atoms with Gasteiger partial charge in [0.05, 0.1) is 32.0 Å². The zero-order chi connectivity index (χ0) is 15.7. The standard InChI is InChI=1S/C18H23NO4/c1-13(17-10-14-4-2-3-5-16(14)22-17)19-11-15-12-21-18(23-15)6-8-20-9-7-18/h2-5,10,13,15,19H,6-9,11-12H2,1H3/t13-,15+/m0/s1. The van der Waals surface area contributed by atoms with Gasteiger partial charge in [0, 0.05) is 24.8 Å². The van der Waals surface area contributed by atoms with Gasteiger partial charge in [0.2, 0.25) is 0 Å². The molecule has 124 valence electrons. The maximum atomic E-state index is 6.14. The Labute approximate surface area is 135 Å². The van der Waals surface area contributed by atoms with Crippen LogP contribution in [0.15, 0.2) is 34.7 Å². The molecule has 23 heavy (non-hydrogen) atoms. The van der Waals surface area contributed by atoms with Gasteiger partial charge in [-0.15, -0.1) is 0 Å². The summed E-state index contributed by atoms with van der Waals surface area (Å²) in [5.41, 5.74) is 0.928. The van der Waals surface area contributed by atoms with Gasteiger partial charge < -0.3 is 23.9 Å². The average molecular weight is 317 g/mol. The fraction of sp³-hybridized carbons (Fsp3) is 0.556. The molecule has 0 radical (unpaired) electrons. The Morgan fingerprint density at radius 2 is 2.09 bits per heavy atom. The molecule has 0 saturated carbocycles. The molecule has 2 aromatic rings. The van der Waals surface area contributed by atoms with E-state index in [0.29, 0.717) is 6.61 Å². The summed E-state index contributed by atoms with van der Waals surface area (Å²) in [6.45, 7) is 4.93. The third-order valence-corrected chi connectivity index (χ3v) is 4.69. The van der Waals surface area contributed by atoms with Crippen LogP contribution in [0.4, 0.5) is 0 Å². The van der Waals surface area contributed by atoms with Crippen molar-refractivity contribution in [3.05, 3.63) is 36.1 Å². The van der Waals surface area contributed by atoms with E-state index in [4.69, 9.17) is 18.6 Å². The highest BCUT2D eigenvalue weighted by Gasteiger charge is 2.42. The maximum absolute atomic E-state index is 6.14. The molecular formula is C18H23NO4. The molecule has 0 aliphatic carbocycles. The van der Waals surface area contributed by atoms with E-state index in [1.54, 1.807) is 0 Å². The summed E-state index contributed by atoms with van der Waals surface area (Å²) in [5.74, 6) is 0.540. The van der Waals surface area contributed by atoms with Crippen molar-refractivity contribution in [3.63, 3.8) is 0 Å². The number of ether oxygens (including phenoxy) is 3. The van der Waals surface area contributed by atoms with E-state index in [9.17, 15) is 0 Å². The first-order valence-electron chi connectivity index (χ1n) is 8.35. The smallest absolute Gasteiger partial charge is 0.173 e. The van der Waals surface area contributed by atoms with Crippen LogP contribution in [0.1, 0.15) is 31.6 Å². The van der Waals surface area contributed by atoms with Crippen LogP contribution in [0.2, 0.25) is 0 Å². The summed E-state index contributed by atoms with van der Waals surface area (Å²) in [5, 5.41) is 4.63. The lowest BCUT2D eigenvalue weighted by Crippen LogP contribution is -2.39. The van der Waals surface area contributed by atoms with Gasteiger partial charge in [-0.05, 0) is 19.1 Å². The third kappa shape index (κ3) is 3.15. The van der Waals surface area contributed by atoms with Gasteiger partial charge in [-0.1, -0.05) is 18.2 Å². The molecule has 4 rings (SSSR count). The van der Waals surface area contributed by atoms with Crippen molar-refractivity contribution >= 4 is 11.0 Å².